The lowest BCUT2D eigenvalue weighted by Gasteiger charge is -2.30. The number of likely N-dealkylation sites (tertiary alicyclic amines) is 1. The highest BCUT2D eigenvalue weighted by molar-refractivity contribution is 4.91. The summed E-state index contributed by atoms with van der Waals surface area (Å²) in [5.41, 5.74) is 1.02. The van der Waals surface area contributed by atoms with E-state index in [4.69, 9.17) is 4.74 Å². The first-order valence-electron chi connectivity index (χ1n) is 7.66. The van der Waals surface area contributed by atoms with E-state index in [2.05, 4.69) is 27.5 Å². The van der Waals surface area contributed by atoms with Crippen molar-refractivity contribution in [2.24, 2.45) is 0 Å². The summed E-state index contributed by atoms with van der Waals surface area (Å²) < 4.78 is 7.34. The Balaban J connectivity index is 1.66. The molecule has 1 fully saturated rings. The van der Waals surface area contributed by atoms with Crippen molar-refractivity contribution in [3.63, 3.8) is 0 Å². The van der Waals surface area contributed by atoms with Gasteiger partial charge in [0, 0.05) is 39.5 Å². The van der Waals surface area contributed by atoms with Gasteiger partial charge in [0.1, 0.15) is 0 Å². The van der Waals surface area contributed by atoms with E-state index >= 15 is 0 Å². The lowest BCUT2D eigenvalue weighted by atomic mass is 10.1. The van der Waals surface area contributed by atoms with Crippen LogP contribution in [-0.4, -0.2) is 59.3 Å². The molecule has 0 aliphatic carbocycles. The molecule has 2 rings (SSSR count). The molecule has 0 unspecified atom stereocenters. The van der Waals surface area contributed by atoms with Crippen molar-refractivity contribution in [1.29, 1.82) is 0 Å². The van der Waals surface area contributed by atoms with E-state index in [1.54, 1.807) is 0 Å². The molecule has 6 nitrogen and oxygen atoms in total. The van der Waals surface area contributed by atoms with Gasteiger partial charge in [0.15, 0.2) is 0 Å². The van der Waals surface area contributed by atoms with Crippen LogP contribution in [0.2, 0.25) is 0 Å². The van der Waals surface area contributed by atoms with Gasteiger partial charge in [-0.3, -0.25) is 4.68 Å². The van der Waals surface area contributed by atoms with Gasteiger partial charge in [-0.15, -0.1) is 5.10 Å². The van der Waals surface area contributed by atoms with Gasteiger partial charge in [0.2, 0.25) is 0 Å². The molecule has 1 aliphatic rings. The maximum atomic E-state index is 5.39. The predicted octanol–water partition coefficient (Wildman–Crippen LogP) is 0.889. The second kappa shape index (κ2) is 8.34. The Bertz CT molecular complexity index is 373. The first kappa shape index (κ1) is 15.4. The maximum Gasteiger partial charge on any atom is 0.0964 e. The van der Waals surface area contributed by atoms with Crippen LogP contribution in [0.5, 0.6) is 0 Å². The molecule has 6 heteroatoms. The Kier molecular flexibility index (Phi) is 6.42. The van der Waals surface area contributed by atoms with Gasteiger partial charge in [-0.1, -0.05) is 12.1 Å². The van der Waals surface area contributed by atoms with Gasteiger partial charge >= 0.3 is 0 Å². The van der Waals surface area contributed by atoms with Crippen molar-refractivity contribution in [1.82, 2.24) is 25.2 Å². The number of ether oxygens (including phenoxy) is 1. The van der Waals surface area contributed by atoms with Crippen LogP contribution in [0.25, 0.3) is 0 Å². The highest BCUT2D eigenvalue weighted by Crippen LogP contribution is 2.12. The summed E-state index contributed by atoms with van der Waals surface area (Å²) in [5, 5.41) is 11.7. The van der Waals surface area contributed by atoms with Crippen LogP contribution in [0.1, 0.15) is 31.9 Å². The van der Waals surface area contributed by atoms with Crippen molar-refractivity contribution in [2.75, 3.05) is 33.3 Å². The Morgan fingerprint density at radius 3 is 2.85 bits per heavy atom. The van der Waals surface area contributed by atoms with E-state index in [1.807, 2.05) is 18.0 Å². The van der Waals surface area contributed by atoms with E-state index in [-0.39, 0.29) is 0 Å². The summed E-state index contributed by atoms with van der Waals surface area (Å²) in [6.45, 7) is 8.21. The highest BCUT2D eigenvalue weighted by atomic mass is 16.5. The summed E-state index contributed by atoms with van der Waals surface area (Å²) >= 11 is 0. The number of rotatable bonds is 8. The average Bonchev–Trinajstić information content (AvgIpc) is 2.94. The van der Waals surface area contributed by atoms with Crippen molar-refractivity contribution >= 4 is 0 Å². The summed E-state index contributed by atoms with van der Waals surface area (Å²) in [6.07, 6.45) is 5.92. The number of methoxy groups -OCH3 is 1. The molecule has 1 N–H and O–H groups in total. The van der Waals surface area contributed by atoms with E-state index in [9.17, 15) is 0 Å². The molecule has 0 radical (unpaired) electrons. The van der Waals surface area contributed by atoms with Crippen LogP contribution >= 0.6 is 0 Å². The number of piperidine rings is 1. The van der Waals surface area contributed by atoms with Crippen LogP contribution in [0.4, 0.5) is 0 Å². The molecule has 2 heterocycles. The average molecular weight is 281 g/mol. The Morgan fingerprint density at radius 2 is 2.15 bits per heavy atom. The van der Waals surface area contributed by atoms with Crippen LogP contribution in [0, 0.1) is 0 Å². The molecule has 0 atom stereocenters. The van der Waals surface area contributed by atoms with Crippen LogP contribution in [0.15, 0.2) is 6.20 Å². The number of hydrogen-bond acceptors (Lipinski definition) is 5. The summed E-state index contributed by atoms with van der Waals surface area (Å²) in [5.74, 6) is 0. The van der Waals surface area contributed by atoms with Crippen molar-refractivity contribution in [3.8, 4) is 0 Å². The molecule has 1 aromatic heterocycles. The van der Waals surface area contributed by atoms with Crippen molar-refractivity contribution in [3.05, 3.63) is 11.9 Å². The zero-order chi connectivity index (χ0) is 14.2. The summed E-state index contributed by atoms with van der Waals surface area (Å²) in [4.78, 5) is 2.48. The summed E-state index contributed by atoms with van der Waals surface area (Å²) in [6, 6.07) is 0. The molecule has 20 heavy (non-hydrogen) atoms. The largest absolute Gasteiger partial charge is 0.381 e. The topological polar surface area (TPSA) is 55.2 Å². The number of nitrogens with zero attached hydrogens (tertiary/aromatic N) is 4. The molecular formula is C14H27N5O. The van der Waals surface area contributed by atoms with E-state index in [0.29, 0.717) is 6.10 Å². The van der Waals surface area contributed by atoms with Crippen LogP contribution in [0.3, 0.4) is 0 Å². The molecular weight excluding hydrogens is 254 g/mol. The number of aromatic nitrogens is 3. The van der Waals surface area contributed by atoms with Crippen molar-refractivity contribution < 1.29 is 4.74 Å². The first-order chi connectivity index (χ1) is 9.81. The molecule has 0 saturated carbocycles. The van der Waals surface area contributed by atoms with E-state index in [1.165, 1.54) is 0 Å². The van der Waals surface area contributed by atoms with Gasteiger partial charge in [-0.05, 0) is 25.8 Å². The van der Waals surface area contributed by atoms with Crippen LogP contribution < -0.4 is 5.32 Å². The van der Waals surface area contributed by atoms with E-state index in [0.717, 1.165) is 64.2 Å². The van der Waals surface area contributed by atoms with Gasteiger partial charge in [0.25, 0.3) is 0 Å². The second-order valence-corrected chi connectivity index (χ2v) is 5.43. The van der Waals surface area contributed by atoms with Gasteiger partial charge < -0.3 is 15.0 Å². The minimum atomic E-state index is 0.453. The number of nitrogens with one attached hydrogen (secondary N) is 1. The molecule has 1 saturated heterocycles. The van der Waals surface area contributed by atoms with Crippen molar-refractivity contribution in [2.45, 2.75) is 45.4 Å². The summed E-state index contributed by atoms with van der Waals surface area (Å²) in [7, 11) is 1.81. The normalized spacial score (nSPS) is 17.7. The maximum absolute atomic E-state index is 5.39. The zero-order valence-electron chi connectivity index (χ0n) is 12.7. The molecule has 0 spiro atoms. The van der Waals surface area contributed by atoms with Gasteiger partial charge in [-0.2, -0.15) is 0 Å². The first-order valence-corrected chi connectivity index (χ1v) is 7.66. The van der Waals surface area contributed by atoms with E-state index < -0.39 is 0 Å². The van der Waals surface area contributed by atoms with Gasteiger partial charge in [0.05, 0.1) is 18.3 Å². The second-order valence-electron chi connectivity index (χ2n) is 5.43. The lowest BCUT2D eigenvalue weighted by molar-refractivity contribution is 0.0399. The Labute approximate surface area is 121 Å². The Hall–Kier alpha value is -0.980. The fourth-order valence-corrected chi connectivity index (χ4v) is 2.53. The molecule has 0 bridgehead atoms. The quantitative estimate of drug-likeness (QED) is 0.717. The minimum Gasteiger partial charge on any atom is -0.381 e. The molecule has 0 aromatic carbocycles. The molecule has 1 aromatic rings. The third-order valence-electron chi connectivity index (χ3n) is 3.83. The zero-order valence-corrected chi connectivity index (χ0v) is 12.7. The fourth-order valence-electron chi connectivity index (χ4n) is 2.53. The standard InChI is InChI=1S/C14H27N5O/c1-3-6-15-11-13-12-19(17-16-13)10-9-18-7-4-14(20-2)5-8-18/h12,14-15H,3-11H2,1-2H3. The van der Waals surface area contributed by atoms with Crippen LogP contribution in [-0.2, 0) is 17.8 Å². The third-order valence-corrected chi connectivity index (χ3v) is 3.83. The monoisotopic (exact) mass is 281 g/mol. The molecule has 114 valence electrons. The highest BCUT2D eigenvalue weighted by Gasteiger charge is 2.18. The minimum absolute atomic E-state index is 0.453. The lowest BCUT2D eigenvalue weighted by Crippen LogP contribution is -2.38. The fraction of sp³-hybridized carbons (Fsp3) is 0.857. The van der Waals surface area contributed by atoms with Gasteiger partial charge in [-0.25, -0.2) is 0 Å². The smallest absolute Gasteiger partial charge is 0.0964 e. The molecule has 1 aliphatic heterocycles. The Morgan fingerprint density at radius 1 is 1.35 bits per heavy atom. The third kappa shape index (κ3) is 4.85. The SMILES string of the molecule is CCCNCc1cn(CCN2CCC(OC)CC2)nn1. The molecule has 0 amide bonds. The number of hydrogen-bond donors (Lipinski definition) is 1. The predicted molar refractivity (Wildman–Crippen MR) is 78.5 cm³/mol.